The highest BCUT2D eigenvalue weighted by atomic mass is 35.5. The Labute approximate surface area is 314 Å². The second kappa shape index (κ2) is 15.0. The van der Waals surface area contributed by atoms with Crippen LogP contribution in [0.1, 0.15) is 101 Å². The molecule has 4 unspecified atom stereocenters. The zero-order valence-electron chi connectivity index (χ0n) is 31.2. The maximum atomic E-state index is 10.8. The number of unbranched alkanes of at least 4 members (excludes halogenated alkanes) is 2. The number of aromatic nitrogens is 1. The molecule has 5 fully saturated rings. The Kier molecular flexibility index (Phi) is 10.6. The molecule has 1 N–H and O–H groups in total. The van der Waals surface area contributed by atoms with Gasteiger partial charge >= 0.3 is 13.1 Å². The van der Waals surface area contributed by atoms with Crippen molar-refractivity contribution in [3.63, 3.8) is 0 Å². The van der Waals surface area contributed by atoms with Gasteiger partial charge in [-0.05, 0) is 118 Å². The van der Waals surface area contributed by atoms with E-state index in [0.717, 1.165) is 64.7 Å². The van der Waals surface area contributed by atoms with E-state index in [-0.39, 0.29) is 6.42 Å². The summed E-state index contributed by atoms with van der Waals surface area (Å²) in [7, 11) is 1.37. The summed E-state index contributed by atoms with van der Waals surface area (Å²) in [5.41, 5.74) is 5.52. The molecule has 7 nitrogen and oxygen atoms in total. The van der Waals surface area contributed by atoms with Crippen LogP contribution in [0.3, 0.4) is 0 Å². The number of carboxylic acid groups (broad SMARTS) is 1. The highest BCUT2D eigenvalue weighted by Gasteiger charge is 2.53. The number of methoxy groups -OCH3 is 1. The Morgan fingerprint density at radius 1 is 0.942 bits per heavy atom. The number of allylic oxidation sites excluding steroid dienone is 1. The topological polar surface area (TPSA) is 78.1 Å². The fraction of sp³-hybridized carbons (Fsp3) is 0.488. The third kappa shape index (κ3) is 7.58. The Bertz CT molecular complexity index is 1820. The first-order valence-electron chi connectivity index (χ1n) is 19.0. The molecule has 1 aromatic heterocycles. The minimum atomic E-state index is -0.732. The number of aliphatic carboxylic acids is 1. The smallest absolute Gasteiger partial charge is 0.494 e. The zero-order valence-corrected chi connectivity index (χ0v) is 32.0. The van der Waals surface area contributed by atoms with Gasteiger partial charge in [-0.15, -0.1) is 0 Å². The van der Waals surface area contributed by atoms with E-state index in [0.29, 0.717) is 35.6 Å². The van der Waals surface area contributed by atoms with Crippen molar-refractivity contribution in [2.24, 2.45) is 23.7 Å². The Hall–Kier alpha value is -3.59. The Morgan fingerprint density at radius 3 is 2.35 bits per heavy atom. The van der Waals surface area contributed by atoms with Crippen molar-refractivity contribution >= 4 is 48.1 Å². The van der Waals surface area contributed by atoms with Gasteiger partial charge in [0, 0.05) is 36.1 Å². The first kappa shape index (κ1) is 36.8. The lowest BCUT2D eigenvalue weighted by molar-refractivity contribution is -0.697. The Morgan fingerprint density at radius 2 is 1.67 bits per heavy atom. The number of benzene rings is 2. The van der Waals surface area contributed by atoms with Crippen LogP contribution in [0.15, 0.2) is 66.5 Å². The Balaban J connectivity index is 1.12. The van der Waals surface area contributed by atoms with Gasteiger partial charge in [-0.1, -0.05) is 54.1 Å². The van der Waals surface area contributed by atoms with Crippen molar-refractivity contribution in [1.82, 2.24) is 0 Å². The van der Waals surface area contributed by atoms with Crippen LogP contribution in [0.25, 0.3) is 17.9 Å². The van der Waals surface area contributed by atoms with Crippen LogP contribution in [0.2, 0.25) is 5.02 Å². The minimum absolute atomic E-state index is 0.228. The number of aryl methyl sites for hydroxylation is 1. The van der Waals surface area contributed by atoms with Gasteiger partial charge in [-0.3, -0.25) is 4.79 Å². The molecule has 52 heavy (non-hydrogen) atoms. The lowest BCUT2D eigenvalue weighted by atomic mass is 9.78. The van der Waals surface area contributed by atoms with E-state index >= 15 is 0 Å². The van der Waals surface area contributed by atoms with E-state index in [1.165, 1.54) is 31.3 Å². The van der Waals surface area contributed by atoms with Crippen LogP contribution in [-0.2, 0) is 32.0 Å². The molecule has 0 spiro atoms. The number of rotatable bonds is 14. The third-order valence-corrected chi connectivity index (χ3v) is 12.6. The second-order valence-electron chi connectivity index (χ2n) is 16.2. The highest BCUT2D eigenvalue weighted by Crippen LogP contribution is 2.62. The monoisotopic (exact) mass is 724 g/mol. The van der Waals surface area contributed by atoms with E-state index < -0.39 is 24.3 Å². The van der Waals surface area contributed by atoms with Gasteiger partial charge < -0.3 is 23.9 Å². The fourth-order valence-electron chi connectivity index (χ4n) is 8.82. The SMILES string of the molecule is CO/C(=C1\C2CC3CC(C2)C1C3)c1ccc(/C=C/c2cc[n+](CCCCCC(=O)O)cc2)c(OCc2ccc(B3OC(C)(C)C(C)(C)O3)cc2)c1Cl. The second-order valence-corrected chi connectivity index (χ2v) is 16.6. The number of hydrogen-bond acceptors (Lipinski definition) is 5. The van der Waals surface area contributed by atoms with E-state index in [1.54, 1.807) is 7.11 Å². The van der Waals surface area contributed by atoms with Crippen molar-refractivity contribution in [3.05, 3.63) is 93.8 Å². The summed E-state index contributed by atoms with van der Waals surface area (Å²) >= 11 is 7.35. The molecule has 2 heterocycles. The number of hydrogen-bond donors (Lipinski definition) is 1. The van der Waals surface area contributed by atoms with E-state index in [2.05, 4.69) is 105 Å². The van der Waals surface area contributed by atoms with Gasteiger partial charge in [-0.2, -0.15) is 0 Å². The molecule has 1 aliphatic heterocycles. The van der Waals surface area contributed by atoms with Crippen molar-refractivity contribution < 1.29 is 33.3 Å². The van der Waals surface area contributed by atoms with E-state index in [4.69, 9.17) is 35.5 Å². The van der Waals surface area contributed by atoms with Gasteiger partial charge in [0.15, 0.2) is 12.4 Å². The molecule has 9 heteroatoms. The van der Waals surface area contributed by atoms with Crippen LogP contribution in [0.5, 0.6) is 5.75 Å². The summed E-state index contributed by atoms with van der Waals surface area (Å²) in [6, 6.07) is 16.6. The van der Waals surface area contributed by atoms with E-state index in [1.807, 2.05) is 0 Å². The van der Waals surface area contributed by atoms with Crippen LogP contribution in [0.4, 0.5) is 0 Å². The maximum absolute atomic E-state index is 10.8. The summed E-state index contributed by atoms with van der Waals surface area (Å²) in [5.74, 6) is 3.68. The molecule has 4 aliphatic carbocycles. The molecule has 8 rings (SSSR count). The lowest BCUT2D eigenvalue weighted by Crippen LogP contribution is -2.41. The summed E-state index contributed by atoms with van der Waals surface area (Å²) in [4.78, 5) is 10.8. The highest BCUT2D eigenvalue weighted by molar-refractivity contribution is 6.62. The molecule has 4 saturated carbocycles. The molecule has 0 amide bonds. The summed E-state index contributed by atoms with van der Waals surface area (Å²) in [6.07, 6.45) is 16.2. The maximum Gasteiger partial charge on any atom is 0.494 e. The number of carbonyl (C=O) groups is 1. The first-order chi connectivity index (χ1) is 24.9. The van der Waals surface area contributed by atoms with Crippen LogP contribution < -0.4 is 14.8 Å². The zero-order chi connectivity index (χ0) is 36.6. The number of pyridine rings is 1. The van der Waals surface area contributed by atoms with Crippen LogP contribution in [-0.4, -0.2) is 36.5 Å². The van der Waals surface area contributed by atoms with Crippen molar-refractivity contribution in [3.8, 4) is 5.75 Å². The fourth-order valence-corrected chi connectivity index (χ4v) is 9.14. The quantitative estimate of drug-likeness (QED) is 0.0776. The third-order valence-electron chi connectivity index (χ3n) is 12.2. The standard InChI is InChI=1S/C43H51BClNO6/c1-42(2)43(3,4)52-44(51-42)34-15-11-29(12-16-34)27-50-40-31(13-10-28-18-21-46(22-19-28)20-8-6-7-9-37(47)48)14-17-35(39(40)45)41(49-5)38-33-24-30-23-32(26-33)36(38)25-30/h10-19,21-22,30,32-33,36H,6-9,20,23-27H2,1-5H3/p+1/b13-10+,41-38+. The van der Waals surface area contributed by atoms with Crippen LogP contribution in [0, 0.1) is 23.7 Å². The molecule has 5 aliphatic rings. The average molecular weight is 725 g/mol. The summed E-state index contributed by atoms with van der Waals surface area (Å²) < 4.78 is 27.5. The largest absolute Gasteiger partial charge is 0.496 e. The lowest BCUT2D eigenvalue weighted by Gasteiger charge is -2.32. The van der Waals surface area contributed by atoms with Crippen molar-refractivity contribution in [1.29, 1.82) is 0 Å². The first-order valence-corrected chi connectivity index (χ1v) is 19.4. The van der Waals surface area contributed by atoms with Crippen molar-refractivity contribution in [2.45, 2.75) is 103 Å². The molecule has 4 atom stereocenters. The number of nitrogens with zero attached hydrogens (tertiary/aromatic N) is 1. The average Bonchev–Trinajstić information content (AvgIpc) is 3.63. The van der Waals surface area contributed by atoms with Gasteiger partial charge in [0.05, 0.1) is 23.3 Å². The summed E-state index contributed by atoms with van der Waals surface area (Å²) in [6.45, 7) is 9.46. The van der Waals surface area contributed by atoms with Crippen molar-refractivity contribution in [2.75, 3.05) is 7.11 Å². The molecular weight excluding hydrogens is 673 g/mol. The van der Waals surface area contributed by atoms with Gasteiger partial charge in [-0.25, -0.2) is 4.57 Å². The van der Waals surface area contributed by atoms with E-state index in [9.17, 15) is 4.79 Å². The predicted octanol–water partition coefficient (Wildman–Crippen LogP) is 8.74. The van der Waals surface area contributed by atoms with Gasteiger partial charge in [0.2, 0.25) is 0 Å². The number of ether oxygens (including phenoxy) is 2. The molecule has 0 radical (unpaired) electrons. The minimum Gasteiger partial charge on any atom is -0.496 e. The molecule has 3 aromatic rings. The molecule has 274 valence electrons. The summed E-state index contributed by atoms with van der Waals surface area (Å²) in [5, 5.41) is 9.45. The molecule has 2 aromatic carbocycles. The normalized spacial score (nSPS) is 24.9. The molecule has 4 bridgehead atoms. The molecule has 1 saturated heterocycles. The number of carboxylic acids is 1. The predicted molar refractivity (Wildman–Crippen MR) is 206 cm³/mol. The van der Waals surface area contributed by atoms with Crippen LogP contribution >= 0.6 is 11.6 Å². The van der Waals surface area contributed by atoms with Gasteiger partial charge in [0.1, 0.15) is 24.7 Å². The molecular formula is C43H52BClNO6+. The number of halogens is 1. The van der Waals surface area contributed by atoms with Gasteiger partial charge in [0.25, 0.3) is 0 Å².